The van der Waals surface area contributed by atoms with Gasteiger partial charge in [-0.05, 0) is 38.3 Å². The summed E-state index contributed by atoms with van der Waals surface area (Å²) in [5.41, 5.74) is 1.29. The molecule has 1 aliphatic rings. The Morgan fingerprint density at radius 3 is 2.87 bits per heavy atom. The lowest BCUT2D eigenvalue weighted by Gasteiger charge is -2.20. The fourth-order valence-electron chi connectivity index (χ4n) is 2.09. The Morgan fingerprint density at radius 2 is 2.20 bits per heavy atom. The molecule has 0 spiro atoms. The molecule has 2 rings (SSSR count). The van der Waals surface area contributed by atoms with Crippen LogP contribution in [-0.4, -0.2) is 18.1 Å². The molecule has 0 amide bonds. The Kier molecular flexibility index (Phi) is 3.76. The molecule has 1 saturated heterocycles. The fourth-order valence-corrected chi connectivity index (χ4v) is 3.09. The van der Waals surface area contributed by atoms with Crippen LogP contribution in [0.3, 0.4) is 0 Å². The highest BCUT2D eigenvalue weighted by molar-refractivity contribution is 7.09. The second-order valence-corrected chi connectivity index (χ2v) is 5.69. The molecule has 1 fully saturated rings. The van der Waals surface area contributed by atoms with E-state index in [2.05, 4.69) is 24.5 Å². The van der Waals surface area contributed by atoms with Crippen LogP contribution >= 0.6 is 11.3 Å². The van der Waals surface area contributed by atoms with Crippen molar-refractivity contribution < 1.29 is 0 Å². The van der Waals surface area contributed by atoms with Crippen molar-refractivity contribution in [1.82, 2.24) is 10.3 Å². The van der Waals surface area contributed by atoms with Gasteiger partial charge in [0, 0.05) is 11.3 Å². The normalized spacial score (nSPS) is 18.6. The van der Waals surface area contributed by atoms with Gasteiger partial charge in [0.1, 0.15) is 0 Å². The van der Waals surface area contributed by atoms with E-state index in [0.717, 1.165) is 25.4 Å². The molecule has 1 N–H and O–H groups in total. The van der Waals surface area contributed by atoms with Gasteiger partial charge in [-0.2, -0.15) is 0 Å². The van der Waals surface area contributed by atoms with Crippen LogP contribution in [0.1, 0.15) is 43.3 Å². The minimum atomic E-state index is 0.716. The molecule has 84 valence electrons. The van der Waals surface area contributed by atoms with Crippen molar-refractivity contribution in [3.05, 3.63) is 16.1 Å². The molecule has 0 unspecified atom stereocenters. The SMILES string of the molecule is CC(C)Cc1csc(C2CCNCC2)n1. The zero-order valence-corrected chi connectivity index (χ0v) is 10.4. The number of rotatable bonds is 3. The van der Waals surface area contributed by atoms with Crippen LogP contribution in [0, 0.1) is 5.92 Å². The maximum atomic E-state index is 4.76. The van der Waals surface area contributed by atoms with Gasteiger partial charge < -0.3 is 5.32 Å². The average molecular weight is 224 g/mol. The summed E-state index contributed by atoms with van der Waals surface area (Å²) in [6.07, 6.45) is 3.64. The summed E-state index contributed by atoms with van der Waals surface area (Å²) >= 11 is 1.86. The molecule has 1 aliphatic heterocycles. The van der Waals surface area contributed by atoms with E-state index in [0.29, 0.717) is 5.92 Å². The Labute approximate surface area is 96.1 Å². The molecule has 1 aromatic rings. The predicted octanol–water partition coefficient (Wildman–Crippen LogP) is 2.81. The Hall–Kier alpha value is -0.410. The molecule has 0 aliphatic carbocycles. The third-order valence-corrected chi connectivity index (χ3v) is 3.93. The van der Waals surface area contributed by atoms with Crippen molar-refractivity contribution in [2.75, 3.05) is 13.1 Å². The number of piperidine rings is 1. The van der Waals surface area contributed by atoms with Crippen molar-refractivity contribution in [2.45, 2.75) is 39.0 Å². The van der Waals surface area contributed by atoms with Crippen LogP contribution in [0.2, 0.25) is 0 Å². The summed E-state index contributed by atoms with van der Waals surface area (Å²) in [5, 5.41) is 7.02. The summed E-state index contributed by atoms with van der Waals surface area (Å²) in [4.78, 5) is 4.76. The lowest BCUT2D eigenvalue weighted by molar-refractivity contribution is 0.458. The molecule has 2 heterocycles. The first kappa shape index (κ1) is 11.1. The second kappa shape index (κ2) is 5.08. The van der Waals surface area contributed by atoms with Crippen LogP contribution in [0.25, 0.3) is 0 Å². The van der Waals surface area contributed by atoms with Crippen LogP contribution < -0.4 is 5.32 Å². The van der Waals surface area contributed by atoms with Gasteiger partial charge in [-0.25, -0.2) is 4.98 Å². The number of hydrogen-bond donors (Lipinski definition) is 1. The van der Waals surface area contributed by atoms with Gasteiger partial charge >= 0.3 is 0 Å². The van der Waals surface area contributed by atoms with Gasteiger partial charge in [-0.3, -0.25) is 0 Å². The van der Waals surface area contributed by atoms with Crippen LogP contribution in [0.5, 0.6) is 0 Å². The highest BCUT2D eigenvalue weighted by Crippen LogP contribution is 2.28. The Bertz CT molecular complexity index is 300. The summed E-state index contributed by atoms with van der Waals surface area (Å²) < 4.78 is 0. The van der Waals surface area contributed by atoms with E-state index in [1.807, 2.05) is 11.3 Å². The fraction of sp³-hybridized carbons (Fsp3) is 0.750. The molecule has 0 radical (unpaired) electrons. The molecule has 2 nitrogen and oxygen atoms in total. The lowest BCUT2D eigenvalue weighted by Crippen LogP contribution is -2.26. The third kappa shape index (κ3) is 3.02. The molecule has 1 aromatic heterocycles. The van der Waals surface area contributed by atoms with E-state index >= 15 is 0 Å². The minimum Gasteiger partial charge on any atom is -0.317 e. The molecule has 0 atom stereocenters. The quantitative estimate of drug-likeness (QED) is 0.854. The van der Waals surface area contributed by atoms with Crippen molar-refractivity contribution in [3.8, 4) is 0 Å². The highest BCUT2D eigenvalue weighted by atomic mass is 32.1. The van der Waals surface area contributed by atoms with E-state index < -0.39 is 0 Å². The van der Waals surface area contributed by atoms with Crippen LogP contribution in [0.15, 0.2) is 5.38 Å². The summed E-state index contributed by atoms with van der Waals surface area (Å²) in [6.45, 7) is 6.82. The van der Waals surface area contributed by atoms with Crippen molar-refractivity contribution in [3.63, 3.8) is 0 Å². The van der Waals surface area contributed by atoms with E-state index in [1.165, 1.54) is 23.5 Å². The number of nitrogens with zero attached hydrogens (tertiary/aromatic N) is 1. The first-order valence-electron chi connectivity index (χ1n) is 5.90. The van der Waals surface area contributed by atoms with Crippen molar-refractivity contribution >= 4 is 11.3 Å². The van der Waals surface area contributed by atoms with Gasteiger partial charge in [0.2, 0.25) is 0 Å². The zero-order chi connectivity index (χ0) is 10.7. The minimum absolute atomic E-state index is 0.716. The molecular formula is C12H20N2S. The maximum absolute atomic E-state index is 4.76. The summed E-state index contributed by atoms with van der Waals surface area (Å²) in [7, 11) is 0. The first-order chi connectivity index (χ1) is 7.25. The predicted molar refractivity (Wildman–Crippen MR) is 65.5 cm³/mol. The summed E-state index contributed by atoms with van der Waals surface area (Å²) in [6, 6.07) is 0. The van der Waals surface area contributed by atoms with E-state index in [9.17, 15) is 0 Å². The van der Waals surface area contributed by atoms with Gasteiger partial charge in [0.25, 0.3) is 0 Å². The van der Waals surface area contributed by atoms with Gasteiger partial charge in [0.15, 0.2) is 0 Å². The molecule has 0 saturated carbocycles. The van der Waals surface area contributed by atoms with Gasteiger partial charge in [-0.1, -0.05) is 13.8 Å². The lowest BCUT2D eigenvalue weighted by atomic mass is 9.99. The van der Waals surface area contributed by atoms with Crippen molar-refractivity contribution in [2.24, 2.45) is 5.92 Å². The van der Waals surface area contributed by atoms with Crippen LogP contribution in [-0.2, 0) is 6.42 Å². The summed E-state index contributed by atoms with van der Waals surface area (Å²) in [5.74, 6) is 1.44. The molecule has 0 bridgehead atoms. The zero-order valence-electron chi connectivity index (χ0n) is 9.62. The number of thiazole rings is 1. The van der Waals surface area contributed by atoms with Gasteiger partial charge in [-0.15, -0.1) is 11.3 Å². The monoisotopic (exact) mass is 224 g/mol. The maximum Gasteiger partial charge on any atom is 0.0960 e. The Balaban J connectivity index is 1.99. The standard InChI is InChI=1S/C12H20N2S/c1-9(2)7-11-8-15-12(14-11)10-3-5-13-6-4-10/h8-10,13H,3-7H2,1-2H3. The number of nitrogens with one attached hydrogen (secondary N) is 1. The van der Waals surface area contributed by atoms with E-state index in [-0.39, 0.29) is 0 Å². The molecule has 0 aromatic carbocycles. The Morgan fingerprint density at radius 1 is 1.47 bits per heavy atom. The molecule has 15 heavy (non-hydrogen) atoms. The van der Waals surface area contributed by atoms with Crippen molar-refractivity contribution in [1.29, 1.82) is 0 Å². The smallest absolute Gasteiger partial charge is 0.0960 e. The van der Waals surface area contributed by atoms with Gasteiger partial charge in [0.05, 0.1) is 10.7 Å². The molecular weight excluding hydrogens is 204 g/mol. The molecule has 3 heteroatoms. The number of aromatic nitrogens is 1. The van der Waals surface area contributed by atoms with E-state index in [1.54, 1.807) is 0 Å². The van der Waals surface area contributed by atoms with E-state index in [4.69, 9.17) is 4.98 Å². The second-order valence-electron chi connectivity index (χ2n) is 4.80. The largest absolute Gasteiger partial charge is 0.317 e. The third-order valence-electron chi connectivity index (χ3n) is 2.88. The first-order valence-corrected chi connectivity index (χ1v) is 6.78. The highest BCUT2D eigenvalue weighted by Gasteiger charge is 2.18. The average Bonchev–Trinajstić information content (AvgIpc) is 2.67. The topological polar surface area (TPSA) is 24.9 Å². The number of hydrogen-bond acceptors (Lipinski definition) is 3. The van der Waals surface area contributed by atoms with Crippen LogP contribution in [0.4, 0.5) is 0 Å².